The summed E-state index contributed by atoms with van der Waals surface area (Å²) in [6, 6.07) is 2.67. The molecule has 3 atom stereocenters. The number of aryl methyl sites for hydroxylation is 1. The summed E-state index contributed by atoms with van der Waals surface area (Å²) in [6.07, 6.45) is 1.30. The van der Waals surface area contributed by atoms with E-state index in [9.17, 15) is 0 Å². The molecule has 0 saturated heterocycles. The highest BCUT2D eigenvalue weighted by Crippen LogP contribution is 2.49. The van der Waals surface area contributed by atoms with Gasteiger partial charge in [0.05, 0.1) is 0 Å². The molecular weight excluding hydrogens is 166 g/mol. The van der Waals surface area contributed by atoms with Gasteiger partial charge < -0.3 is 5.73 Å². The smallest absolute Gasteiger partial charge is 0.00448 e. The van der Waals surface area contributed by atoms with Crippen LogP contribution < -0.4 is 5.73 Å². The first-order valence-electron chi connectivity index (χ1n) is 4.49. The number of rotatable bonds is 2. The Hall–Kier alpha value is -0.340. The van der Waals surface area contributed by atoms with Crippen molar-refractivity contribution in [3.8, 4) is 0 Å². The highest BCUT2D eigenvalue weighted by molar-refractivity contribution is 7.10. The van der Waals surface area contributed by atoms with Gasteiger partial charge in [0.2, 0.25) is 0 Å². The first kappa shape index (κ1) is 8.27. The third-order valence-electron chi connectivity index (χ3n) is 2.69. The van der Waals surface area contributed by atoms with Crippen LogP contribution in [0.5, 0.6) is 0 Å². The molecule has 1 heterocycles. The summed E-state index contributed by atoms with van der Waals surface area (Å²) in [5, 5.41) is 2.28. The van der Waals surface area contributed by atoms with Crippen LogP contribution in [0.2, 0.25) is 0 Å². The molecule has 3 unspecified atom stereocenters. The van der Waals surface area contributed by atoms with Crippen molar-refractivity contribution in [3.63, 3.8) is 0 Å². The lowest BCUT2D eigenvalue weighted by molar-refractivity contribution is 0.632. The average Bonchev–Trinajstić information content (AvgIpc) is 2.70. The Morgan fingerprint density at radius 2 is 2.42 bits per heavy atom. The molecule has 1 aromatic heterocycles. The van der Waals surface area contributed by atoms with E-state index in [1.54, 1.807) is 0 Å². The van der Waals surface area contributed by atoms with Crippen molar-refractivity contribution in [2.45, 2.75) is 32.2 Å². The predicted octanol–water partition coefficient (Wildman–Crippen LogP) is 2.51. The van der Waals surface area contributed by atoms with E-state index in [0.717, 1.165) is 11.8 Å². The van der Waals surface area contributed by atoms with Crippen molar-refractivity contribution in [1.82, 2.24) is 0 Å². The van der Waals surface area contributed by atoms with E-state index >= 15 is 0 Å². The van der Waals surface area contributed by atoms with Gasteiger partial charge in [0.1, 0.15) is 0 Å². The highest BCUT2D eigenvalue weighted by atomic mass is 32.1. The first-order chi connectivity index (χ1) is 5.68. The molecule has 0 bridgehead atoms. The minimum Gasteiger partial charge on any atom is -0.328 e. The molecule has 1 aliphatic carbocycles. The van der Waals surface area contributed by atoms with Crippen molar-refractivity contribution in [2.24, 2.45) is 11.7 Å². The Kier molecular flexibility index (Phi) is 1.97. The maximum atomic E-state index is 5.84. The summed E-state index contributed by atoms with van der Waals surface area (Å²) in [6.45, 7) is 4.28. The molecule has 0 radical (unpaired) electrons. The summed E-state index contributed by atoms with van der Waals surface area (Å²) < 4.78 is 0. The topological polar surface area (TPSA) is 26.0 Å². The first-order valence-corrected chi connectivity index (χ1v) is 5.37. The van der Waals surface area contributed by atoms with E-state index in [4.69, 9.17) is 5.73 Å². The van der Waals surface area contributed by atoms with E-state index in [-0.39, 0.29) is 0 Å². The SMILES string of the molecule is Cc1cc(C2CC2C(C)N)cs1. The third-order valence-corrected chi connectivity index (χ3v) is 3.57. The van der Waals surface area contributed by atoms with Gasteiger partial charge in [-0.3, -0.25) is 0 Å². The van der Waals surface area contributed by atoms with Crippen molar-refractivity contribution in [1.29, 1.82) is 0 Å². The Labute approximate surface area is 77.6 Å². The van der Waals surface area contributed by atoms with Gasteiger partial charge in [-0.25, -0.2) is 0 Å². The molecule has 0 aromatic carbocycles. The van der Waals surface area contributed by atoms with Crippen LogP contribution in [0.3, 0.4) is 0 Å². The highest BCUT2D eigenvalue weighted by Gasteiger charge is 2.40. The fourth-order valence-corrected chi connectivity index (χ4v) is 2.61. The average molecular weight is 181 g/mol. The van der Waals surface area contributed by atoms with Crippen molar-refractivity contribution in [2.75, 3.05) is 0 Å². The van der Waals surface area contributed by atoms with Crippen LogP contribution in [0.25, 0.3) is 0 Å². The molecule has 66 valence electrons. The third kappa shape index (κ3) is 1.41. The molecule has 12 heavy (non-hydrogen) atoms. The van der Waals surface area contributed by atoms with E-state index in [1.807, 2.05) is 11.3 Å². The van der Waals surface area contributed by atoms with Gasteiger partial charge in [-0.2, -0.15) is 0 Å². The monoisotopic (exact) mass is 181 g/mol. The molecule has 0 spiro atoms. The molecule has 1 fully saturated rings. The number of hydrogen-bond donors (Lipinski definition) is 1. The lowest BCUT2D eigenvalue weighted by atomic mass is 10.1. The molecule has 2 heteroatoms. The quantitative estimate of drug-likeness (QED) is 0.745. The Morgan fingerprint density at radius 1 is 1.67 bits per heavy atom. The van der Waals surface area contributed by atoms with Gasteiger partial charge in [0, 0.05) is 10.9 Å². The molecular formula is C10H15NS. The van der Waals surface area contributed by atoms with Crippen LogP contribution in [-0.4, -0.2) is 6.04 Å². The fraction of sp³-hybridized carbons (Fsp3) is 0.600. The maximum Gasteiger partial charge on any atom is 0.00448 e. The predicted molar refractivity (Wildman–Crippen MR) is 53.6 cm³/mol. The van der Waals surface area contributed by atoms with Crippen LogP contribution in [0, 0.1) is 12.8 Å². The van der Waals surface area contributed by atoms with Gasteiger partial charge in [0.15, 0.2) is 0 Å². The Bertz CT molecular complexity index is 277. The van der Waals surface area contributed by atoms with E-state index < -0.39 is 0 Å². The molecule has 2 N–H and O–H groups in total. The molecule has 2 rings (SSSR count). The van der Waals surface area contributed by atoms with Gasteiger partial charge in [0.25, 0.3) is 0 Å². The van der Waals surface area contributed by atoms with Crippen LogP contribution in [0.4, 0.5) is 0 Å². The van der Waals surface area contributed by atoms with Gasteiger partial charge in [-0.05, 0) is 49.1 Å². The van der Waals surface area contributed by atoms with Crippen molar-refractivity contribution < 1.29 is 0 Å². The fourth-order valence-electron chi connectivity index (χ4n) is 1.84. The van der Waals surface area contributed by atoms with Gasteiger partial charge >= 0.3 is 0 Å². The zero-order valence-electron chi connectivity index (χ0n) is 7.58. The molecule has 1 saturated carbocycles. The summed E-state index contributed by atoms with van der Waals surface area (Å²) >= 11 is 1.85. The van der Waals surface area contributed by atoms with Crippen molar-refractivity contribution in [3.05, 3.63) is 21.9 Å². The molecule has 1 nitrogen and oxygen atoms in total. The normalized spacial score (nSPS) is 30.2. The van der Waals surface area contributed by atoms with Crippen LogP contribution >= 0.6 is 11.3 Å². The van der Waals surface area contributed by atoms with Crippen molar-refractivity contribution >= 4 is 11.3 Å². The van der Waals surface area contributed by atoms with Crippen LogP contribution in [0.15, 0.2) is 11.4 Å². The second kappa shape index (κ2) is 2.86. The summed E-state index contributed by atoms with van der Waals surface area (Å²) in [5.74, 6) is 1.52. The minimum atomic E-state index is 0.371. The standard InChI is InChI=1S/C10H15NS/c1-6-3-8(5-12-6)10-4-9(10)7(2)11/h3,5,7,9-10H,4,11H2,1-2H3. The Balaban J connectivity index is 2.05. The molecule has 1 aromatic rings. The number of hydrogen-bond acceptors (Lipinski definition) is 2. The second-order valence-corrected chi connectivity index (χ2v) is 4.97. The molecule has 1 aliphatic rings. The molecule has 0 aliphatic heterocycles. The Morgan fingerprint density at radius 3 is 2.83 bits per heavy atom. The zero-order valence-corrected chi connectivity index (χ0v) is 8.40. The zero-order chi connectivity index (χ0) is 8.72. The van der Waals surface area contributed by atoms with Gasteiger partial charge in [-0.1, -0.05) is 0 Å². The summed E-state index contributed by atoms with van der Waals surface area (Å²) in [5.41, 5.74) is 7.35. The summed E-state index contributed by atoms with van der Waals surface area (Å²) in [7, 11) is 0. The minimum absolute atomic E-state index is 0.371. The van der Waals surface area contributed by atoms with E-state index in [0.29, 0.717) is 6.04 Å². The maximum absolute atomic E-state index is 5.84. The number of thiophene rings is 1. The van der Waals surface area contributed by atoms with E-state index in [1.165, 1.54) is 16.9 Å². The largest absolute Gasteiger partial charge is 0.328 e. The van der Waals surface area contributed by atoms with Crippen LogP contribution in [0.1, 0.15) is 29.7 Å². The lowest BCUT2D eigenvalue weighted by Crippen LogP contribution is -2.17. The van der Waals surface area contributed by atoms with E-state index in [2.05, 4.69) is 25.3 Å². The lowest BCUT2D eigenvalue weighted by Gasteiger charge is -2.01. The number of nitrogens with two attached hydrogens (primary N) is 1. The van der Waals surface area contributed by atoms with Crippen LogP contribution in [-0.2, 0) is 0 Å². The second-order valence-electron chi connectivity index (χ2n) is 3.86. The van der Waals surface area contributed by atoms with Gasteiger partial charge in [-0.15, -0.1) is 11.3 Å². The summed E-state index contributed by atoms with van der Waals surface area (Å²) in [4.78, 5) is 1.42. The molecule has 0 amide bonds.